The van der Waals surface area contributed by atoms with Crippen LogP contribution in [0.1, 0.15) is 38.3 Å². The Kier molecular flexibility index (Phi) is 8.10. The zero-order valence-electron chi connectivity index (χ0n) is 23.0. The van der Waals surface area contributed by atoms with Crippen LogP contribution in [-0.4, -0.2) is 55.8 Å². The van der Waals surface area contributed by atoms with Gasteiger partial charge in [-0.25, -0.2) is 0 Å². The van der Waals surface area contributed by atoms with Crippen LogP contribution in [0.15, 0.2) is 30.3 Å². The zero-order chi connectivity index (χ0) is 26.8. The molecule has 2 aromatic carbocycles. The van der Waals surface area contributed by atoms with Gasteiger partial charge in [-0.3, -0.25) is 4.79 Å². The summed E-state index contributed by atoms with van der Waals surface area (Å²) < 4.78 is 34.5. The maximum Gasteiger partial charge on any atom is 0.203 e. The van der Waals surface area contributed by atoms with Crippen LogP contribution in [0.25, 0.3) is 11.1 Å². The summed E-state index contributed by atoms with van der Waals surface area (Å²) in [5, 5.41) is -0.0198. The maximum atomic E-state index is 13.6. The second-order valence-electron chi connectivity index (χ2n) is 10.3. The minimum atomic E-state index is -2.21. The molecule has 196 valence electrons. The molecular formula is C28H38O7Si. The lowest BCUT2D eigenvalue weighted by molar-refractivity contribution is -0.114. The van der Waals surface area contributed by atoms with E-state index in [0.29, 0.717) is 39.9 Å². The van der Waals surface area contributed by atoms with Crippen molar-refractivity contribution in [2.24, 2.45) is 0 Å². The van der Waals surface area contributed by atoms with Crippen LogP contribution in [0.4, 0.5) is 0 Å². The standard InChI is InChI=1S/C28H38O7Si/c1-28(2,3)36(9,10)35-22-16-19(29)25(18-14-23(32-6)27(34-8)24(15-18)33-7)26(22)17-11-12-20(30-4)21(13-17)31-5/h11-15,22H,16H2,1-10H3. The first kappa shape index (κ1) is 27.6. The number of Topliss-reactive ketones (excluding diaryl/α,β-unsaturated/α-hetero) is 1. The fraction of sp³-hybridized carbons (Fsp3) is 0.464. The van der Waals surface area contributed by atoms with Crippen LogP contribution in [-0.2, 0) is 9.22 Å². The molecule has 3 rings (SSSR count). The minimum absolute atomic E-state index is 0.00207. The molecule has 0 saturated heterocycles. The number of rotatable bonds is 9. The van der Waals surface area contributed by atoms with Crippen molar-refractivity contribution in [1.82, 2.24) is 0 Å². The molecule has 0 saturated carbocycles. The fourth-order valence-electron chi connectivity index (χ4n) is 4.19. The predicted molar refractivity (Wildman–Crippen MR) is 144 cm³/mol. The molecule has 2 aromatic rings. The second kappa shape index (κ2) is 10.6. The Labute approximate surface area is 215 Å². The number of allylic oxidation sites excluding steroid dienone is 1. The highest BCUT2D eigenvalue weighted by molar-refractivity contribution is 6.74. The van der Waals surface area contributed by atoms with Crippen LogP contribution in [0.5, 0.6) is 28.7 Å². The van der Waals surface area contributed by atoms with Gasteiger partial charge in [0.25, 0.3) is 0 Å². The molecule has 0 spiro atoms. The first-order valence-corrected chi connectivity index (χ1v) is 14.8. The van der Waals surface area contributed by atoms with Gasteiger partial charge in [-0.2, -0.15) is 0 Å². The second-order valence-corrected chi connectivity index (χ2v) is 15.0. The Balaban J connectivity index is 2.31. The number of hydrogen-bond acceptors (Lipinski definition) is 7. The van der Waals surface area contributed by atoms with Crippen LogP contribution in [0, 0.1) is 0 Å². The Morgan fingerprint density at radius 2 is 1.28 bits per heavy atom. The molecule has 1 unspecified atom stereocenters. The van der Waals surface area contributed by atoms with Gasteiger partial charge in [-0.15, -0.1) is 0 Å². The third-order valence-corrected chi connectivity index (χ3v) is 11.6. The molecule has 0 bridgehead atoms. The number of benzene rings is 2. The summed E-state index contributed by atoms with van der Waals surface area (Å²) in [4.78, 5) is 13.6. The molecule has 0 radical (unpaired) electrons. The molecule has 1 aliphatic carbocycles. The zero-order valence-corrected chi connectivity index (χ0v) is 24.0. The van der Waals surface area contributed by atoms with E-state index < -0.39 is 14.4 Å². The average Bonchev–Trinajstić information content (AvgIpc) is 3.16. The van der Waals surface area contributed by atoms with E-state index in [9.17, 15) is 4.79 Å². The highest BCUT2D eigenvalue weighted by Crippen LogP contribution is 2.48. The number of carbonyl (C=O) groups excluding carboxylic acids is 1. The Morgan fingerprint density at radius 1 is 0.750 bits per heavy atom. The van der Waals surface area contributed by atoms with Gasteiger partial charge in [-0.1, -0.05) is 26.8 Å². The Bertz CT molecular complexity index is 1140. The van der Waals surface area contributed by atoms with E-state index >= 15 is 0 Å². The number of ether oxygens (including phenoxy) is 5. The van der Waals surface area contributed by atoms with Crippen molar-refractivity contribution in [3.63, 3.8) is 0 Å². The number of carbonyl (C=O) groups is 1. The van der Waals surface area contributed by atoms with Crippen LogP contribution >= 0.6 is 0 Å². The molecule has 0 heterocycles. The minimum Gasteiger partial charge on any atom is -0.493 e. The summed E-state index contributed by atoms with van der Waals surface area (Å²) in [5.41, 5.74) is 2.91. The summed E-state index contributed by atoms with van der Waals surface area (Å²) in [5.74, 6) is 2.62. The summed E-state index contributed by atoms with van der Waals surface area (Å²) in [6.07, 6.45) is -0.145. The Hall–Kier alpha value is -2.97. The monoisotopic (exact) mass is 514 g/mol. The Morgan fingerprint density at radius 3 is 1.75 bits per heavy atom. The van der Waals surface area contributed by atoms with E-state index in [4.69, 9.17) is 28.1 Å². The molecule has 1 aliphatic rings. The quantitative estimate of drug-likeness (QED) is 0.380. The summed E-state index contributed by atoms with van der Waals surface area (Å²) >= 11 is 0. The van der Waals surface area contributed by atoms with Gasteiger partial charge >= 0.3 is 0 Å². The van der Waals surface area contributed by atoms with Crippen molar-refractivity contribution in [3.8, 4) is 28.7 Å². The lowest BCUT2D eigenvalue weighted by atomic mass is 9.95. The van der Waals surface area contributed by atoms with E-state index in [1.165, 1.54) is 0 Å². The van der Waals surface area contributed by atoms with Gasteiger partial charge in [0.2, 0.25) is 5.75 Å². The maximum absolute atomic E-state index is 13.6. The largest absolute Gasteiger partial charge is 0.493 e. The van der Waals surface area contributed by atoms with Gasteiger partial charge < -0.3 is 28.1 Å². The van der Waals surface area contributed by atoms with E-state index in [1.54, 1.807) is 35.5 Å². The third kappa shape index (κ3) is 5.10. The number of hydrogen-bond donors (Lipinski definition) is 0. The van der Waals surface area contributed by atoms with Crippen molar-refractivity contribution in [2.45, 2.75) is 51.4 Å². The number of methoxy groups -OCH3 is 5. The van der Waals surface area contributed by atoms with Gasteiger partial charge in [0.05, 0.1) is 41.7 Å². The van der Waals surface area contributed by atoms with Gasteiger partial charge in [0.15, 0.2) is 37.1 Å². The fourth-order valence-corrected chi connectivity index (χ4v) is 5.46. The molecule has 0 fully saturated rings. The topological polar surface area (TPSA) is 72.5 Å². The molecule has 0 N–H and O–H groups in total. The van der Waals surface area contributed by atoms with Crippen molar-refractivity contribution in [2.75, 3.05) is 35.5 Å². The molecule has 0 aromatic heterocycles. The number of ketones is 1. The molecule has 0 aliphatic heterocycles. The van der Waals surface area contributed by atoms with Crippen molar-refractivity contribution >= 4 is 25.2 Å². The van der Waals surface area contributed by atoms with Gasteiger partial charge in [-0.05, 0) is 59.1 Å². The molecular weight excluding hydrogens is 476 g/mol. The van der Waals surface area contributed by atoms with Crippen molar-refractivity contribution < 1.29 is 32.9 Å². The normalized spacial score (nSPS) is 16.3. The van der Waals surface area contributed by atoms with Crippen molar-refractivity contribution in [1.29, 1.82) is 0 Å². The highest BCUT2D eigenvalue weighted by Gasteiger charge is 2.44. The molecule has 8 heteroatoms. The lowest BCUT2D eigenvalue weighted by Gasteiger charge is -2.39. The molecule has 7 nitrogen and oxygen atoms in total. The predicted octanol–water partition coefficient (Wildman–Crippen LogP) is 6.00. The smallest absolute Gasteiger partial charge is 0.203 e. The summed E-state index contributed by atoms with van der Waals surface area (Å²) in [6, 6.07) is 9.30. The molecule has 0 amide bonds. The van der Waals surface area contributed by atoms with Crippen LogP contribution in [0.3, 0.4) is 0 Å². The first-order valence-electron chi connectivity index (χ1n) is 11.9. The highest BCUT2D eigenvalue weighted by atomic mass is 28.4. The van der Waals surface area contributed by atoms with E-state index in [0.717, 1.165) is 11.1 Å². The third-order valence-electron chi connectivity index (χ3n) is 7.13. The average molecular weight is 515 g/mol. The van der Waals surface area contributed by atoms with Crippen LogP contribution in [0.2, 0.25) is 18.1 Å². The van der Waals surface area contributed by atoms with Crippen LogP contribution < -0.4 is 23.7 Å². The van der Waals surface area contributed by atoms with Crippen molar-refractivity contribution in [3.05, 3.63) is 41.5 Å². The summed E-state index contributed by atoms with van der Waals surface area (Å²) in [7, 11) is 5.66. The van der Waals surface area contributed by atoms with Gasteiger partial charge in [0, 0.05) is 12.0 Å². The summed E-state index contributed by atoms with van der Waals surface area (Å²) in [6.45, 7) is 11.0. The molecule has 1 atom stereocenters. The van der Waals surface area contributed by atoms with E-state index in [2.05, 4.69) is 33.9 Å². The first-order chi connectivity index (χ1) is 16.9. The lowest BCUT2D eigenvalue weighted by Crippen LogP contribution is -2.43. The molecule has 36 heavy (non-hydrogen) atoms. The van der Waals surface area contributed by atoms with E-state index in [1.807, 2.05) is 30.3 Å². The van der Waals surface area contributed by atoms with E-state index in [-0.39, 0.29) is 17.2 Å². The van der Waals surface area contributed by atoms with Gasteiger partial charge in [0.1, 0.15) is 0 Å². The SMILES string of the molecule is COc1ccc(C2=C(c3cc(OC)c(OC)c(OC)c3)C(=O)CC2O[Si](C)(C)C(C)(C)C)cc1OC.